The van der Waals surface area contributed by atoms with Gasteiger partial charge in [0.2, 0.25) is 0 Å². The molecule has 0 aromatic heterocycles. The van der Waals surface area contributed by atoms with Crippen LogP contribution in [0.2, 0.25) is 0 Å². The molecule has 1 atom stereocenters. The first-order valence-corrected chi connectivity index (χ1v) is 9.12. The Morgan fingerprint density at radius 1 is 1.31 bits per heavy atom. The average Bonchev–Trinajstić information content (AvgIpc) is 3.06. The fraction of sp³-hybridized carbons (Fsp3) is 0.526. The molecule has 1 saturated carbocycles. The van der Waals surface area contributed by atoms with Gasteiger partial charge in [-0.25, -0.2) is 4.79 Å². The molecule has 1 unspecified atom stereocenters. The van der Waals surface area contributed by atoms with E-state index in [0.29, 0.717) is 24.3 Å². The van der Waals surface area contributed by atoms with Crippen molar-refractivity contribution in [2.75, 3.05) is 18.2 Å². The van der Waals surface area contributed by atoms with Crippen LogP contribution in [0.3, 0.4) is 0 Å². The number of carboxylic acids is 1. The number of rotatable bonds is 8. The molecule has 1 aromatic rings. The van der Waals surface area contributed by atoms with Crippen molar-refractivity contribution in [2.45, 2.75) is 44.8 Å². The second-order valence-electron chi connectivity index (χ2n) is 6.74. The zero-order valence-electron chi connectivity index (χ0n) is 14.9. The molecule has 0 spiro atoms. The molecule has 1 aromatic carbocycles. The predicted octanol–water partition coefficient (Wildman–Crippen LogP) is 2.03. The minimum Gasteiger partial charge on any atom is -0.480 e. The van der Waals surface area contributed by atoms with E-state index < -0.39 is 12.0 Å². The van der Waals surface area contributed by atoms with Gasteiger partial charge >= 0.3 is 5.97 Å². The number of carbonyl (C=O) groups is 2. The van der Waals surface area contributed by atoms with Crippen LogP contribution in [0.5, 0.6) is 0 Å². The van der Waals surface area contributed by atoms with Crippen molar-refractivity contribution in [3.8, 4) is 0 Å². The zero-order valence-corrected chi connectivity index (χ0v) is 14.9. The molecule has 0 radical (unpaired) electrons. The van der Waals surface area contributed by atoms with Gasteiger partial charge in [-0.3, -0.25) is 9.80 Å². The quantitative estimate of drug-likeness (QED) is 0.741. The molecule has 1 amide bonds. The van der Waals surface area contributed by atoms with Crippen molar-refractivity contribution in [1.29, 1.82) is 0 Å². The van der Waals surface area contributed by atoms with Gasteiger partial charge in [0.05, 0.1) is 11.8 Å². The van der Waals surface area contributed by atoms with Gasteiger partial charge in [0.25, 0.3) is 5.91 Å². The topological polar surface area (TPSA) is 91.2 Å². The third-order valence-corrected chi connectivity index (χ3v) is 4.91. The monoisotopic (exact) mass is 359 g/mol. The Morgan fingerprint density at radius 3 is 2.69 bits per heavy atom. The minimum absolute atomic E-state index is 0.103. The third-order valence-electron chi connectivity index (χ3n) is 4.91. The van der Waals surface area contributed by atoms with E-state index in [4.69, 9.17) is 4.74 Å². The molecule has 0 saturated heterocycles. The Bertz CT molecular complexity index is 671. The first kappa shape index (κ1) is 18.4. The highest BCUT2D eigenvalue weighted by Gasteiger charge is 2.36. The van der Waals surface area contributed by atoms with E-state index in [1.807, 2.05) is 25.1 Å². The molecule has 2 N–H and O–H groups in total. The number of anilines is 1. The number of nitrogens with one attached hydrogen (secondary N) is 1. The number of benzene rings is 1. The number of carboxylic acid groups (broad SMARTS) is 1. The summed E-state index contributed by atoms with van der Waals surface area (Å²) >= 11 is 0. The van der Waals surface area contributed by atoms with Crippen LogP contribution < -0.4 is 10.3 Å². The summed E-state index contributed by atoms with van der Waals surface area (Å²) in [5, 5.41) is 18.0. The molecule has 1 fully saturated rings. The van der Waals surface area contributed by atoms with Crippen LogP contribution in [0.15, 0.2) is 35.4 Å². The van der Waals surface area contributed by atoms with Crippen LogP contribution in [0.1, 0.15) is 32.6 Å². The summed E-state index contributed by atoms with van der Waals surface area (Å²) < 4.78 is 5.54. The van der Waals surface area contributed by atoms with Gasteiger partial charge in [-0.05, 0) is 44.2 Å². The normalized spacial score (nSPS) is 24.7. The predicted molar refractivity (Wildman–Crippen MR) is 98.2 cm³/mol. The lowest BCUT2D eigenvalue weighted by Crippen LogP contribution is -2.37. The number of para-hydroxylation sites is 1. The van der Waals surface area contributed by atoms with Gasteiger partial charge < -0.3 is 15.2 Å². The van der Waals surface area contributed by atoms with Gasteiger partial charge in [-0.1, -0.05) is 18.2 Å². The summed E-state index contributed by atoms with van der Waals surface area (Å²) in [6.45, 7) is 3.32. The number of hydrazone groups is 1. The number of amides is 1. The molecule has 140 valence electrons. The molecule has 7 heteroatoms. The maximum atomic E-state index is 12.4. The van der Waals surface area contributed by atoms with E-state index in [1.165, 1.54) is 5.01 Å². The van der Waals surface area contributed by atoms with Gasteiger partial charge in [-0.15, -0.1) is 0 Å². The van der Waals surface area contributed by atoms with Crippen molar-refractivity contribution in [2.24, 2.45) is 11.0 Å². The largest absolute Gasteiger partial charge is 0.480 e. The van der Waals surface area contributed by atoms with Crippen LogP contribution in [-0.2, 0) is 14.3 Å². The Labute approximate surface area is 153 Å². The van der Waals surface area contributed by atoms with Crippen molar-refractivity contribution >= 4 is 23.3 Å². The molecular weight excluding hydrogens is 334 g/mol. The lowest BCUT2D eigenvalue weighted by Gasteiger charge is -2.34. The highest BCUT2D eigenvalue weighted by Crippen LogP contribution is 2.32. The Hall–Kier alpha value is -2.41. The highest BCUT2D eigenvalue weighted by molar-refractivity contribution is 6.40. The maximum absolute atomic E-state index is 12.4. The lowest BCUT2D eigenvalue weighted by molar-refractivity contribution is -0.138. The molecule has 3 rings (SSSR count). The van der Waals surface area contributed by atoms with Crippen LogP contribution >= 0.6 is 0 Å². The van der Waals surface area contributed by atoms with Gasteiger partial charge in [0.1, 0.15) is 5.71 Å². The summed E-state index contributed by atoms with van der Waals surface area (Å²) in [5.74, 6) is -0.683. The van der Waals surface area contributed by atoms with E-state index in [-0.39, 0.29) is 18.0 Å². The molecular formula is C19H25N3O4. The molecule has 0 bridgehead atoms. The van der Waals surface area contributed by atoms with Crippen molar-refractivity contribution in [3.05, 3.63) is 30.3 Å². The summed E-state index contributed by atoms with van der Waals surface area (Å²) in [5.41, 5.74) is 0.932. The summed E-state index contributed by atoms with van der Waals surface area (Å²) in [6, 6.07) is 8.20. The molecule has 26 heavy (non-hydrogen) atoms. The van der Waals surface area contributed by atoms with Crippen LogP contribution in [0, 0.1) is 5.92 Å². The number of hydrogen-bond donors (Lipinski definition) is 2. The van der Waals surface area contributed by atoms with Gasteiger partial charge in [0, 0.05) is 19.6 Å². The maximum Gasteiger partial charge on any atom is 0.328 e. The molecule has 7 nitrogen and oxygen atoms in total. The van der Waals surface area contributed by atoms with E-state index in [9.17, 15) is 14.7 Å². The number of nitrogens with zero attached hydrogens (tertiary/aromatic N) is 2. The Kier molecular flexibility index (Phi) is 5.88. The second kappa shape index (κ2) is 8.31. The number of aliphatic carboxylic acids is 1. The molecule has 1 aliphatic heterocycles. The first-order chi connectivity index (χ1) is 12.6. The van der Waals surface area contributed by atoms with E-state index >= 15 is 0 Å². The Balaban J connectivity index is 1.52. The third kappa shape index (κ3) is 4.22. The van der Waals surface area contributed by atoms with Gasteiger partial charge in [0.15, 0.2) is 6.04 Å². The fourth-order valence-electron chi connectivity index (χ4n) is 3.43. The number of carbonyl (C=O) groups excluding carboxylic acids is 1. The standard InChI is InChI=1S/C19H25N3O4/c1-2-26-15-10-13(11-15)8-9-20-18(23)16-12-17(19(24)25)22(21-16)14-6-4-3-5-7-14/h3-7,13,15,17H,2,8-12H2,1H3,(H,20,23)(H,24,25). The lowest BCUT2D eigenvalue weighted by atomic mass is 9.80. The fourth-order valence-corrected chi connectivity index (χ4v) is 3.43. The van der Waals surface area contributed by atoms with Crippen LogP contribution in [-0.4, -0.2) is 48.0 Å². The van der Waals surface area contributed by atoms with E-state index in [2.05, 4.69) is 10.4 Å². The minimum atomic E-state index is -0.989. The molecule has 1 aliphatic carbocycles. The summed E-state index contributed by atoms with van der Waals surface area (Å²) in [6.07, 6.45) is 3.48. The second-order valence-corrected chi connectivity index (χ2v) is 6.74. The van der Waals surface area contributed by atoms with Crippen molar-refractivity contribution < 1.29 is 19.4 Å². The summed E-state index contributed by atoms with van der Waals surface area (Å²) in [4.78, 5) is 23.9. The van der Waals surface area contributed by atoms with Crippen LogP contribution in [0.4, 0.5) is 5.69 Å². The van der Waals surface area contributed by atoms with Crippen molar-refractivity contribution in [1.82, 2.24) is 5.32 Å². The number of ether oxygens (including phenoxy) is 1. The smallest absolute Gasteiger partial charge is 0.328 e. The van der Waals surface area contributed by atoms with E-state index in [0.717, 1.165) is 25.9 Å². The highest BCUT2D eigenvalue weighted by atomic mass is 16.5. The van der Waals surface area contributed by atoms with E-state index in [1.54, 1.807) is 12.1 Å². The molecule has 2 aliphatic rings. The van der Waals surface area contributed by atoms with Gasteiger partial charge in [-0.2, -0.15) is 5.10 Å². The average molecular weight is 359 g/mol. The van der Waals surface area contributed by atoms with Crippen LogP contribution in [0.25, 0.3) is 0 Å². The SMILES string of the molecule is CCOC1CC(CCNC(=O)C2=NN(c3ccccc3)C(C(=O)O)C2)C1. The summed E-state index contributed by atoms with van der Waals surface area (Å²) in [7, 11) is 0. The molecule has 1 heterocycles. The number of hydrogen-bond acceptors (Lipinski definition) is 5. The Morgan fingerprint density at radius 2 is 2.04 bits per heavy atom. The van der Waals surface area contributed by atoms with Crippen molar-refractivity contribution in [3.63, 3.8) is 0 Å². The first-order valence-electron chi connectivity index (χ1n) is 9.12. The zero-order chi connectivity index (χ0) is 18.5.